The highest BCUT2D eigenvalue weighted by molar-refractivity contribution is 6.06. The van der Waals surface area contributed by atoms with Crippen LogP contribution >= 0.6 is 0 Å². The number of hydrogen-bond acceptors (Lipinski definition) is 2. The molecule has 1 aromatic heterocycles. The number of rotatable bonds is 7. The second-order valence-corrected chi connectivity index (χ2v) is 14.7. The Morgan fingerprint density at radius 1 is 0.456 bits per heavy atom. The van der Waals surface area contributed by atoms with E-state index in [4.69, 9.17) is 4.42 Å². The van der Waals surface area contributed by atoms with Crippen molar-refractivity contribution in [3.8, 4) is 33.4 Å². The van der Waals surface area contributed by atoms with Crippen molar-refractivity contribution in [1.29, 1.82) is 0 Å². The Bertz CT molecular complexity index is 3120. The maximum absolute atomic E-state index is 6.20. The first kappa shape index (κ1) is 32.8. The number of furan rings is 1. The lowest BCUT2D eigenvalue weighted by Gasteiger charge is -2.34. The summed E-state index contributed by atoms with van der Waals surface area (Å²) in [6.07, 6.45) is 6.23. The molecule has 11 rings (SSSR count). The van der Waals surface area contributed by atoms with Crippen LogP contribution in [0.1, 0.15) is 16.7 Å². The minimum atomic E-state index is -0.593. The van der Waals surface area contributed by atoms with Gasteiger partial charge in [0.15, 0.2) is 0 Å². The van der Waals surface area contributed by atoms with E-state index in [1.54, 1.807) is 0 Å². The third-order valence-corrected chi connectivity index (χ3v) is 11.6. The normalized spacial score (nSPS) is 15.1. The number of nitrogens with zero attached hydrogens (tertiary/aromatic N) is 1. The molecule has 0 saturated carbocycles. The van der Waals surface area contributed by atoms with Crippen LogP contribution in [-0.2, 0) is 5.41 Å². The van der Waals surface area contributed by atoms with Crippen LogP contribution in [0.15, 0.2) is 234 Å². The molecule has 2 aliphatic rings. The number of hydrogen-bond donors (Lipinski definition) is 0. The number of para-hydroxylation sites is 2. The van der Waals surface area contributed by atoms with Crippen molar-refractivity contribution < 1.29 is 4.42 Å². The third kappa shape index (κ3) is 5.21. The first-order chi connectivity index (χ1) is 28.3. The maximum Gasteiger partial charge on any atom is 0.135 e. The van der Waals surface area contributed by atoms with Crippen LogP contribution in [0, 0.1) is 0 Å². The zero-order valence-electron chi connectivity index (χ0n) is 31.1. The molecular weight excluding hydrogens is 691 g/mol. The number of benzene rings is 8. The third-order valence-electron chi connectivity index (χ3n) is 11.6. The van der Waals surface area contributed by atoms with E-state index >= 15 is 0 Å². The fourth-order valence-electron chi connectivity index (χ4n) is 9.11. The van der Waals surface area contributed by atoms with Crippen molar-refractivity contribution in [2.24, 2.45) is 0 Å². The molecule has 0 amide bonds. The zero-order valence-corrected chi connectivity index (χ0v) is 31.1. The van der Waals surface area contributed by atoms with Crippen LogP contribution in [0.4, 0.5) is 17.1 Å². The highest BCUT2D eigenvalue weighted by Gasteiger charge is 2.48. The standard InChI is InChI=1S/C55H35NO/c1-5-16-38(17-6-1)40-30-34-48-51(36-40)55(41-18-7-2-8-19-41,42-20-9-3-10-21-42)50-26-15-25-46(54(48)50)39-28-31-44(32-29-39)56(43-22-11-4-12-23-43)45-33-35-53-49(37-45)47-24-13-14-27-52(47)57-53/h1-9,11-20,22-37H. The average molecular weight is 726 g/mol. The van der Waals surface area contributed by atoms with Crippen molar-refractivity contribution in [3.63, 3.8) is 0 Å². The van der Waals surface area contributed by atoms with E-state index in [9.17, 15) is 0 Å². The van der Waals surface area contributed by atoms with E-state index in [1.165, 1.54) is 44.5 Å². The molecule has 0 bridgehead atoms. The zero-order chi connectivity index (χ0) is 37.8. The van der Waals surface area contributed by atoms with Crippen molar-refractivity contribution in [2.45, 2.75) is 5.41 Å². The van der Waals surface area contributed by atoms with Gasteiger partial charge in [-0.1, -0.05) is 157 Å². The van der Waals surface area contributed by atoms with Crippen LogP contribution in [0.2, 0.25) is 0 Å². The highest BCUT2D eigenvalue weighted by Crippen LogP contribution is 2.59. The molecule has 0 aliphatic heterocycles. The highest BCUT2D eigenvalue weighted by atomic mass is 16.3. The SMILES string of the molecule is C1=C=C(C2(c3ccccc3)c3cc(-c4ccccc4)ccc3-c3c(-c4ccc(N(c5ccccc5)c5ccc6oc7ccccc7c6c5)cc4)cccc32)C=CC=1. The molecule has 2 nitrogen and oxygen atoms in total. The van der Waals surface area contributed by atoms with Crippen molar-refractivity contribution in [3.05, 3.63) is 246 Å². The predicted octanol–water partition coefficient (Wildman–Crippen LogP) is 14.5. The van der Waals surface area contributed by atoms with Gasteiger partial charge in [-0.05, 0) is 117 Å². The molecule has 1 heterocycles. The van der Waals surface area contributed by atoms with Crippen LogP contribution in [0.25, 0.3) is 55.3 Å². The Labute approximate surface area is 331 Å². The maximum atomic E-state index is 6.20. The summed E-state index contributed by atoms with van der Waals surface area (Å²) < 4.78 is 6.20. The van der Waals surface area contributed by atoms with Gasteiger partial charge in [0.05, 0.1) is 5.41 Å². The summed E-state index contributed by atoms with van der Waals surface area (Å²) in [7, 11) is 0. The molecule has 1 unspecified atom stereocenters. The first-order valence-electron chi connectivity index (χ1n) is 19.4. The van der Waals surface area contributed by atoms with E-state index in [2.05, 4.69) is 211 Å². The van der Waals surface area contributed by atoms with Gasteiger partial charge in [-0.2, -0.15) is 0 Å². The predicted molar refractivity (Wildman–Crippen MR) is 235 cm³/mol. The fourth-order valence-corrected chi connectivity index (χ4v) is 9.11. The van der Waals surface area contributed by atoms with Gasteiger partial charge in [-0.25, -0.2) is 0 Å². The van der Waals surface area contributed by atoms with Gasteiger partial charge in [-0.3, -0.25) is 0 Å². The van der Waals surface area contributed by atoms with Crippen molar-refractivity contribution in [1.82, 2.24) is 0 Å². The van der Waals surface area contributed by atoms with Gasteiger partial charge >= 0.3 is 0 Å². The molecule has 266 valence electrons. The minimum absolute atomic E-state index is 0.593. The summed E-state index contributed by atoms with van der Waals surface area (Å²) in [6, 6.07) is 69.8. The van der Waals surface area contributed by atoms with Gasteiger partial charge in [0.25, 0.3) is 0 Å². The molecule has 0 spiro atoms. The van der Waals surface area contributed by atoms with Crippen LogP contribution in [-0.4, -0.2) is 0 Å². The lowest BCUT2D eigenvalue weighted by Crippen LogP contribution is -2.29. The summed E-state index contributed by atoms with van der Waals surface area (Å²) in [5.74, 6) is 0. The minimum Gasteiger partial charge on any atom is -0.456 e. The lowest BCUT2D eigenvalue weighted by molar-refractivity contribution is 0.669. The molecule has 0 saturated heterocycles. The molecule has 0 fully saturated rings. The molecule has 2 heteroatoms. The monoisotopic (exact) mass is 725 g/mol. The Hall–Kier alpha value is -7.60. The lowest BCUT2D eigenvalue weighted by atomic mass is 9.66. The second-order valence-electron chi connectivity index (χ2n) is 14.7. The van der Waals surface area contributed by atoms with E-state index in [1.807, 2.05) is 18.2 Å². The Morgan fingerprint density at radius 2 is 1.14 bits per heavy atom. The Morgan fingerprint density at radius 3 is 1.93 bits per heavy atom. The van der Waals surface area contributed by atoms with Crippen LogP contribution < -0.4 is 4.90 Å². The van der Waals surface area contributed by atoms with Gasteiger partial charge in [0.2, 0.25) is 0 Å². The largest absolute Gasteiger partial charge is 0.456 e. The topological polar surface area (TPSA) is 16.4 Å². The smallest absolute Gasteiger partial charge is 0.135 e. The van der Waals surface area contributed by atoms with Gasteiger partial charge in [0.1, 0.15) is 11.2 Å². The molecule has 1 atom stereocenters. The van der Waals surface area contributed by atoms with Gasteiger partial charge in [-0.15, -0.1) is 0 Å². The number of allylic oxidation sites excluding steroid dienone is 4. The molecule has 8 aromatic carbocycles. The average Bonchev–Trinajstić information content (AvgIpc) is 3.81. The molecular formula is C55H35NO. The fraction of sp³-hybridized carbons (Fsp3) is 0.0182. The quantitative estimate of drug-likeness (QED) is 0.152. The van der Waals surface area contributed by atoms with E-state index < -0.39 is 5.41 Å². The van der Waals surface area contributed by atoms with E-state index in [-0.39, 0.29) is 0 Å². The summed E-state index contributed by atoms with van der Waals surface area (Å²) >= 11 is 0. The molecule has 57 heavy (non-hydrogen) atoms. The first-order valence-corrected chi connectivity index (χ1v) is 19.4. The Balaban J connectivity index is 1.10. The summed E-state index contributed by atoms with van der Waals surface area (Å²) in [6.45, 7) is 0. The van der Waals surface area contributed by atoms with Crippen molar-refractivity contribution in [2.75, 3.05) is 4.90 Å². The Kier molecular flexibility index (Phi) is 7.66. The molecule has 0 radical (unpaired) electrons. The number of fused-ring (bicyclic) bond motifs is 6. The molecule has 9 aromatic rings. The van der Waals surface area contributed by atoms with E-state index in [0.29, 0.717) is 0 Å². The van der Waals surface area contributed by atoms with Gasteiger partial charge < -0.3 is 9.32 Å². The molecule has 0 N–H and O–H groups in total. The number of anilines is 3. The second kappa shape index (κ2) is 13.3. The summed E-state index contributed by atoms with van der Waals surface area (Å²) in [5, 5.41) is 2.22. The summed E-state index contributed by atoms with van der Waals surface area (Å²) in [5.41, 5.74) is 23.3. The van der Waals surface area contributed by atoms with Crippen LogP contribution in [0.5, 0.6) is 0 Å². The van der Waals surface area contributed by atoms with Crippen LogP contribution in [0.3, 0.4) is 0 Å². The van der Waals surface area contributed by atoms with Crippen molar-refractivity contribution >= 4 is 39.0 Å². The molecule has 2 aliphatic carbocycles. The van der Waals surface area contributed by atoms with E-state index in [0.717, 1.165) is 50.1 Å². The van der Waals surface area contributed by atoms with Gasteiger partial charge in [0, 0.05) is 33.4 Å². The summed E-state index contributed by atoms with van der Waals surface area (Å²) in [4.78, 5) is 2.32.